The van der Waals surface area contributed by atoms with Gasteiger partial charge in [0.05, 0.1) is 17.9 Å². The lowest BCUT2D eigenvalue weighted by Crippen LogP contribution is -2.28. The van der Waals surface area contributed by atoms with Crippen molar-refractivity contribution < 1.29 is 19.5 Å². The first-order valence-corrected chi connectivity index (χ1v) is 6.75. The molecule has 1 N–H and O–H groups in total. The maximum atomic E-state index is 11.5. The standard InChI is InChI=1S/C11H8BrNO4S/c12-8-3-6(10(15)16)1-2-7(8)4-13-9(14)5-18-11(13)17/h1-3H,4-5H2,(H,15,16). The molecule has 7 heteroatoms. The third-order valence-corrected chi connectivity index (χ3v) is 4.07. The molecule has 5 nitrogen and oxygen atoms in total. The minimum Gasteiger partial charge on any atom is -0.478 e. The molecule has 0 spiro atoms. The molecule has 1 heterocycles. The van der Waals surface area contributed by atoms with Crippen LogP contribution < -0.4 is 0 Å². The Morgan fingerprint density at radius 1 is 1.44 bits per heavy atom. The smallest absolute Gasteiger partial charge is 0.335 e. The average molecular weight is 330 g/mol. The summed E-state index contributed by atoms with van der Waals surface area (Å²) in [5.41, 5.74) is 0.850. The number of carbonyl (C=O) groups excluding carboxylic acids is 2. The zero-order valence-corrected chi connectivity index (χ0v) is 11.5. The topological polar surface area (TPSA) is 74.7 Å². The van der Waals surface area contributed by atoms with Crippen LogP contribution >= 0.6 is 27.7 Å². The number of amides is 2. The van der Waals surface area contributed by atoms with Gasteiger partial charge in [-0.3, -0.25) is 14.5 Å². The predicted octanol–water partition coefficient (Wildman–Crippen LogP) is 2.34. The molecule has 0 saturated carbocycles. The maximum Gasteiger partial charge on any atom is 0.335 e. The van der Waals surface area contributed by atoms with Crippen LogP contribution in [-0.4, -0.2) is 32.9 Å². The number of benzene rings is 1. The van der Waals surface area contributed by atoms with Crippen molar-refractivity contribution in [1.82, 2.24) is 4.90 Å². The molecule has 1 aromatic carbocycles. The largest absolute Gasteiger partial charge is 0.478 e. The number of nitrogens with zero attached hydrogens (tertiary/aromatic N) is 1. The van der Waals surface area contributed by atoms with Gasteiger partial charge in [0.25, 0.3) is 5.24 Å². The molecule has 0 aliphatic carbocycles. The molecule has 2 rings (SSSR count). The number of rotatable bonds is 3. The molecular formula is C11H8BrNO4S. The molecule has 1 aliphatic rings. The first kappa shape index (κ1) is 13.1. The molecule has 1 aliphatic heterocycles. The van der Waals surface area contributed by atoms with Gasteiger partial charge in [0.15, 0.2) is 0 Å². The fourth-order valence-electron chi connectivity index (χ4n) is 1.51. The van der Waals surface area contributed by atoms with E-state index in [4.69, 9.17) is 5.11 Å². The molecule has 1 saturated heterocycles. The van der Waals surface area contributed by atoms with Crippen LogP contribution in [0.2, 0.25) is 0 Å². The van der Waals surface area contributed by atoms with Gasteiger partial charge in [-0.25, -0.2) is 4.79 Å². The van der Waals surface area contributed by atoms with Crippen molar-refractivity contribution in [1.29, 1.82) is 0 Å². The molecule has 0 bridgehead atoms. The molecular weight excluding hydrogens is 322 g/mol. The van der Waals surface area contributed by atoms with Crippen LogP contribution in [0.15, 0.2) is 22.7 Å². The van der Waals surface area contributed by atoms with Gasteiger partial charge in [0.2, 0.25) is 5.91 Å². The highest BCUT2D eigenvalue weighted by atomic mass is 79.9. The Labute approximate surface area is 115 Å². The molecule has 0 atom stereocenters. The van der Waals surface area contributed by atoms with Gasteiger partial charge in [0, 0.05) is 4.47 Å². The summed E-state index contributed by atoms with van der Waals surface area (Å²) in [6, 6.07) is 4.49. The van der Waals surface area contributed by atoms with Crippen molar-refractivity contribution in [3.8, 4) is 0 Å². The Hall–Kier alpha value is -1.34. The Morgan fingerprint density at radius 3 is 2.67 bits per heavy atom. The maximum absolute atomic E-state index is 11.5. The van der Waals surface area contributed by atoms with Crippen LogP contribution in [0.1, 0.15) is 15.9 Å². The Balaban J connectivity index is 2.22. The number of thioether (sulfide) groups is 1. The molecule has 2 amide bonds. The summed E-state index contributed by atoms with van der Waals surface area (Å²) < 4.78 is 0.569. The summed E-state index contributed by atoms with van der Waals surface area (Å²) in [6.45, 7) is 0.158. The van der Waals surface area contributed by atoms with Gasteiger partial charge in [-0.15, -0.1) is 0 Å². The normalized spacial score (nSPS) is 15.3. The van der Waals surface area contributed by atoms with Crippen molar-refractivity contribution in [3.05, 3.63) is 33.8 Å². The highest BCUT2D eigenvalue weighted by Gasteiger charge is 2.30. The zero-order valence-electron chi connectivity index (χ0n) is 9.05. The van der Waals surface area contributed by atoms with Crippen LogP contribution in [0, 0.1) is 0 Å². The molecule has 18 heavy (non-hydrogen) atoms. The molecule has 0 radical (unpaired) electrons. The number of carboxylic acid groups (broad SMARTS) is 1. The quantitative estimate of drug-likeness (QED) is 0.921. The number of carbonyl (C=O) groups is 3. The Kier molecular flexibility index (Phi) is 3.72. The van der Waals surface area contributed by atoms with E-state index < -0.39 is 5.97 Å². The summed E-state index contributed by atoms with van der Waals surface area (Å²) in [5, 5.41) is 8.56. The first-order valence-electron chi connectivity index (χ1n) is 4.98. The predicted molar refractivity (Wildman–Crippen MR) is 69.5 cm³/mol. The van der Waals surface area contributed by atoms with Crippen LogP contribution in [0.4, 0.5) is 4.79 Å². The van der Waals surface area contributed by atoms with E-state index in [-0.39, 0.29) is 29.0 Å². The van der Waals surface area contributed by atoms with E-state index in [1.165, 1.54) is 12.1 Å². The second kappa shape index (κ2) is 5.11. The fourth-order valence-corrected chi connectivity index (χ4v) is 2.74. The van der Waals surface area contributed by atoms with Gasteiger partial charge < -0.3 is 5.11 Å². The van der Waals surface area contributed by atoms with Crippen molar-refractivity contribution in [3.63, 3.8) is 0 Å². The lowest BCUT2D eigenvalue weighted by molar-refractivity contribution is -0.125. The number of hydrogen-bond donors (Lipinski definition) is 1. The third-order valence-electron chi connectivity index (χ3n) is 2.47. The lowest BCUT2D eigenvalue weighted by Gasteiger charge is -2.14. The van der Waals surface area contributed by atoms with Crippen molar-refractivity contribution in [2.24, 2.45) is 0 Å². The van der Waals surface area contributed by atoms with E-state index >= 15 is 0 Å². The number of halogens is 1. The number of hydrogen-bond acceptors (Lipinski definition) is 4. The summed E-state index contributed by atoms with van der Waals surface area (Å²) in [4.78, 5) is 34.8. The van der Waals surface area contributed by atoms with E-state index in [0.717, 1.165) is 16.7 Å². The van der Waals surface area contributed by atoms with Crippen molar-refractivity contribution in [2.75, 3.05) is 5.75 Å². The van der Waals surface area contributed by atoms with Gasteiger partial charge in [-0.1, -0.05) is 33.8 Å². The number of imide groups is 1. The SMILES string of the molecule is O=C(O)c1ccc(CN2C(=O)CSC2=O)c(Br)c1. The van der Waals surface area contributed by atoms with Crippen LogP contribution in [0.25, 0.3) is 0 Å². The monoisotopic (exact) mass is 329 g/mol. The second-order valence-corrected chi connectivity index (χ2v) is 5.43. The Bertz CT molecular complexity index is 530. The van der Waals surface area contributed by atoms with Gasteiger partial charge >= 0.3 is 5.97 Å². The van der Waals surface area contributed by atoms with Crippen molar-refractivity contribution >= 4 is 44.8 Å². The molecule has 0 aromatic heterocycles. The highest BCUT2D eigenvalue weighted by Crippen LogP contribution is 2.25. The van der Waals surface area contributed by atoms with Crippen LogP contribution in [-0.2, 0) is 11.3 Å². The summed E-state index contributed by atoms with van der Waals surface area (Å²) in [5.74, 6) is -1.07. The fraction of sp³-hybridized carbons (Fsp3) is 0.182. The Morgan fingerprint density at radius 2 is 2.17 bits per heavy atom. The van der Waals surface area contributed by atoms with Crippen molar-refractivity contribution in [2.45, 2.75) is 6.54 Å². The van der Waals surface area contributed by atoms with Gasteiger partial charge in [0.1, 0.15) is 0 Å². The van der Waals surface area contributed by atoms with E-state index in [2.05, 4.69) is 15.9 Å². The lowest BCUT2D eigenvalue weighted by atomic mass is 10.1. The summed E-state index contributed by atoms with van der Waals surface area (Å²) in [7, 11) is 0. The molecule has 94 valence electrons. The minimum absolute atomic E-state index is 0.152. The van der Waals surface area contributed by atoms with E-state index in [9.17, 15) is 14.4 Å². The zero-order chi connectivity index (χ0) is 13.3. The van der Waals surface area contributed by atoms with E-state index in [0.29, 0.717) is 10.0 Å². The number of carboxylic acids is 1. The molecule has 0 unspecified atom stereocenters. The highest BCUT2D eigenvalue weighted by molar-refractivity contribution is 9.10. The first-order chi connectivity index (χ1) is 8.49. The molecule has 1 fully saturated rings. The van der Waals surface area contributed by atoms with Crippen LogP contribution in [0.5, 0.6) is 0 Å². The van der Waals surface area contributed by atoms with Crippen LogP contribution in [0.3, 0.4) is 0 Å². The minimum atomic E-state index is -1.02. The van der Waals surface area contributed by atoms with Gasteiger partial charge in [-0.2, -0.15) is 0 Å². The average Bonchev–Trinajstić information content (AvgIpc) is 2.63. The number of aromatic carboxylic acids is 1. The van der Waals surface area contributed by atoms with E-state index in [1.807, 2.05) is 0 Å². The summed E-state index contributed by atoms with van der Waals surface area (Å²) >= 11 is 4.22. The third kappa shape index (κ3) is 2.56. The summed E-state index contributed by atoms with van der Waals surface area (Å²) in [6.07, 6.45) is 0. The van der Waals surface area contributed by atoms with E-state index in [1.54, 1.807) is 6.07 Å². The molecule has 1 aromatic rings. The second-order valence-electron chi connectivity index (χ2n) is 3.65. The van der Waals surface area contributed by atoms with Gasteiger partial charge in [-0.05, 0) is 17.7 Å².